The molecule has 1 aromatic carbocycles. The third kappa shape index (κ3) is 6.63. The monoisotopic (exact) mass is 293 g/mol. The van der Waals surface area contributed by atoms with E-state index < -0.39 is 18.7 Å². The minimum atomic E-state index is -4.19. The number of methoxy groups -OCH3 is 1. The standard InChI is InChI=1S/C13H18F3NO3/c1-19-11-4-2-3-5-12(11)20-9-10(18)8-17-7-6-13(14,15)16/h2-5,10,17-18H,6-9H2,1H3. The third-order valence-electron chi connectivity index (χ3n) is 2.47. The van der Waals surface area contributed by atoms with E-state index in [0.717, 1.165) is 0 Å². The Hall–Kier alpha value is -1.47. The summed E-state index contributed by atoms with van der Waals surface area (Å²) < 4.78 is 46.1. The van der Waals surface area contributed by atoms with Crippen LogP contribution in [-0.2, 0) is 0 Å². The number of rotatable bonds is 8. The number of ether oxygens (including phenoxy) is 2. The molecule has 0 bridgehead atoms. The molecule has 20 heavy (non-hydrogen) atoms. The highest BCUT2D eigenvalue weighted by Crippen LogP contribution is 2.25. The molecule has 2 N–H and O–H groups in total. The molecule has 1 rings (SSSR count). The lowest BCUT2D eigenvalue weighted by molar-refractivity contribution is -0.133. The van der Waals surface area contributed by atoms with Crippen LogP contribution in [0.1, 0.15) is 6.42 Å². The van der Waals surface area contributed by atoms with E-state index in [1.807, 2.05) is 0 Å². The second-order valence-electron chi connectivity index (χ2n) is 4.18. The van der Waals surface area contributed by atoms with Crippen LogP contribution in [0.25, 0.3) is 0 Å². The second kappa shape index (κ2) is 7.96. The summed E-state index contributed by atoms with van der Waals surface area (Å²) >= 11 is 0. The first-order valence-corrected chi connectivity index (χ1v) is 6.13. The van der Waals surface area contributed by atoms with E-state index in [2.05, 4.69) is 5.32 Å². The van der Waals surface area contributed by atoms with Crippen LogP contribution in [-0.4, -0.2) is 44.2 Å². The number of nitrogens with one attached hydrogen (secondary N) is 1. The van der Waals surface area contributed by atoms with Gasteiger partial charge in [0.15, 0.2) is 11.5 Å². The molecule has 0 aromatic heterocycles. The molecule has 7 heteroatoms. The summed E-state index contributed by atoms with van der Waals surface area (Å²) in [6.45, 7) is -0.222. The highest BCUT2D eigenvalue weighted by molar-refractivity contribution is 5.39. The summed E-state index contributed by atoms with van der Waals surface area (Å²) in [5.41, 5.74) is 0. The van der Waals surface area contributed by atoms with Crippen LogP contribution in [0.3, 0.4) is 0 Å². The Labute approximate surface area is 115 Å². The molecular weight excluding hydrogens is 275 g/mol. The lowest BCUT2D eigenvalue weighted by atomic mass is 10.3. The van der Waals surface area contributed by atoms with Gasteiger partial charge < -0.3 is 19.9 Å². The fourth-order valence-corrected chi connectivity index (χ4v) is 1.48. The van der Waals surface area contributed by atoms with E-state index >= 15 is 0 Å². The molecule has 0 radical (unpaired) electrons. The molecule has 1 unspecified atom stereocenters. The number of aliphatic hydroxyl groups excluding tert-OH is 1. The van der Waals surface area contributed by atoms with Gasteiger partial charge in [-0.25, -0.2) is 0 Å². The highest BCUT2D eigenvalue weighted by atomic mass is 19.4. The lowest BCUT2D eigenvalue weighted by Gasteiger charge is -2.15. The highest BCUT2D eigenvalue weighted by Gasteiger charge is 2.26. The Bertz CT molecular complexity index is 399. The van der Waals surface area contributed by atoms with Crippen molar-refractivity contribution in [2.45, 2.75) is 18.7 Å². The predicted octanol–water partition coefficient (Wildman–Crippen LogP) is 1.98. The normalized spacial score (nSPS) is 13.1. The summed E-state index contributed by atoms with van der Waals surface area (Å²) in [4.78, 5) is 0. The van der Waals surface area contributed by atoms with Crippen molar-refractivity contribution in [1.82, 2.24) is 5.32 Å². The fraction of sp³-hybridized carbons (Fsp3) is 0.538. The molecule has 0 aliphatic carbocycles. The molecule has 0 saturated heterocycles. The van der Waals surface area contributed by atoms with E-state index in [0.29, 0.717) is 11.5 Å². The fourth-order valence-electron chi connectivity index (χ4n) is 1.48. The van der Waals surface area contributed by atoms with Gasteiger partial charge in [0.2, 0.25) is 0 Å². The number of halogens is 3. The Morgan fingerprint density at radius 1 is 1.25 bits per heavy atom. The smallest absolute Gasteiger partial charge is 0.390 e. The van der Waals surface area contributed by atoms with Crippen LogP contribution in [0.5, 0.6) is 11.5 Å². The molecule has 4 nitrogen and oxygen atoms in total. The van der Waals surface area contributed by atoms with Gasteiger partial charge in [-0.05, 0) is 12.1 Å². The number of alkyl halides is 3. The van der Waals surface area contributed by atoms with Crippen LogP contribution >= 0.6 is 0 Å². The molecule has 0 spiro atoms. The van der Waals surface area contributed by atoms with Crippen LogP contribution in [0.4, 0.5) is 13.2 Å². The number of aliphatic hydroxyl groups is 1. The summed E-state index contributed by atoms with van der Waals surface area (Å²) in [5, 5.41) is 12.1. The van der Waals surface area contributed by atoms with Gasteiger partial charge in [-0.15, -0.1) is 0 Å². The van der Waals surface area contributed by atoms with E-state index in [-0.39, 0.29) is 19.7 Å². The molecule has 1 aromatic rings. The average Bonchev–Trinajstić information content (AvgIpc) is 2.40. The van der Waals surface area contributed by atoms with Crippen molar-refractivity contribution in [2.24, 2.45) is 0 Å². The minimum absolute atomic E-state index is 0.0284. The van der Waals surface area contributed by atoms with Crippen LogP contribution < -0.4 is 14.8 Å². The summed E-state index contributed by atoms with van der Waals surface area (Å²) in [6, 6.07) is 6.93. The largest absolute Gasteiger partial charge is 0.493 e. The third-order valence-corrected chi connectivity index (χ3v) is 2.47. The number of para-hydroxylation sites is 2. The molecule has 1 atom stereocenters. The zero-order valence-corrected chi connectivity index (χ0v) is 11.1. The Morgan fingerprint density at radius 3 is 2.50 bits per heavy atom. The van der Waals surface area contributed by atoms with Crippen molar-refractivity contribution in [3.8, 4) is 11.5 Å². The second-order valence-corrected chi connectivity index (χ2v) is 4.18. The maximum Gasteiger partial charge on any atom is 0.390 e. The average molecular weight is 293 g/mol. The number of benzene rings is 1. The van der Waals surface area contributed by atoms with Gasteiger partial charge in [0.25, 0.3) is 0 Å². The van der Waals surface area contributed by atoms with Gasteiger partial charge in [-0.1, -0.05) is 12.1 Å². The van der Waals surface area contributed by atoms with Crippen molar-refractivity contribution >= 4 is 0 Å². The molecule has 114 valence electrons. The first kappa shape index (κ1) is 16.6. The van der Waals surface area contributed by atoms with Gasteiger partial charge in [-0.3, -0.25) is 0 Å². The SMILES string of the molecule is COc1ccccc1OCC(O)CNCCC(F)(F)F. The molecular formula is C13H18F3NO3. The molecule has 0 saturated carbocycles. The molecule has 0 fully saturated rings. The van der Waals surface area contributed by atoms with E-state index in [9.17, 15) is 18.3 Å². The Balaban J connectivity index is 2.24. The van der Waals surface area contributed by atoms with Crippen LogP contribution in [0, 0.1) is 0 Å². The van der Waals surface area contributed by atoms with Crippen LogP contribution in [0.2, 0.25) is 0 Å². The van der Waals surface area contributed by atoms with Gasteiger partial charge in [0.1, 0.15) is 12.7 Å². The Kier molecular flexibility index (Phi) is 6.60. The maximum atomic E-state index is 11.9. The quantitative estimate of drug-likeness (QED) is 0.720. The molecule has 0 amide bonds. The summed E-state index contributed by atoms with van der Waals surface area (Å²) in [6.07, 6.45) is -6.01. The lowest BCUT2D eigenvalue weighted by Crippen LogP contribution is -2.33. The van der Waals surface area contributed by atoms with E-state index in [1.54, 1.807) is 24.3 Å². The van der Waals surface area contributed by atoms with Crippen molar-refractivity contribution in [3.63, 3.8) is 0 Å². The van der Waals surface area contributed by atoms with Gasteiger partial charge >= 0.3 is 6.18 Å². The zero-order chi connectivity index (χ0) is 15.0. The number of hydrogen-bond acceptors (Lipinski definition) is 4. The Morgan fingerprint density at radius 2 is 1.90 bits per heavy atom. The van der Waals surface area contributed by atoms with Gasteiger partial charge in [0.05, 0.1) is 13.5 Å². The van der Waals surface area contributed by atoms with Gasteiger partial charge in [-0.2, -0.15) is 13.2 Å². The van der Waals surface area contributed by atoms with Gasteiger partial charge in [0, 0.05) is 13.1 Å². The van der Waals surface area contributed by atoms with Crippen LogP contribution in [0.15, 0.2) is 24.3 Å². The van der Waals surface area contributed by atoms with E-state index in [1.165, 1.54) is 7.11 Å². The predicted molar refractivity (Wildman–Crippen MR) is 68.0 cm³/mol. The van der Waals surface area contributed by atoms with Crippen molar-refractivity contribution < 1.29 is 27.8 Å². The maximum absolute atomic E-state index is 11.9. The van der Waals surface area contributed by atoms with Crippen molar-refractivity contribution in [2.75, 3.05) is 26.8 Å². The zero-order valence-electron chi connectivity index (χ0n) is 11.1. The minimum Gasteiger partial charge on any atom is -0.493 e. The molecule has 0 aliphatic rings. The first-order valence-electron chi connectivity index (χ1n) is 6.13. The van der Waals surface area contributed by atoms with E-state index in [4.69, 9.17) is 9.47 Å². The summed E-state index contributed by atoms with van der Waals surface area (Å²) in [5.74, 6) is 1.01. The van der Waals surface area contributed by atoms with Crippen molar-refractivity contribution in [3.05, 3.63) is 24.3 Å². The molecule has 0 aliphatic heterocycles. The summed E-state index contributed by atoms with van der Waals surface area (Å²) in [7, 11) is 1.50. The first-order chi connectivity index (χ1) is 9.42. The van der Waals surface area contributed by atoms with Crippen molar-refractivity contribution in [1.29, 1.82) is 0 Å². The molecule has 0 heterocycles. The number of hydrogen-bond donors (Lipinski definition) is 2. The topological polar surface area (TPSA) is 50.7 Å².